The largest absolute Gasteiger partial charge is 0.294 e. The van der Waals surface area contributed by atoms with E-state index in [1.165, 1.54) is 5.56 Å². The summed E-state index contributed by atoms with van der Waals surface area (Å²) in [6, 6.07) is 8.12. The van der Waals surface area contributed by atoms with E-state index in [2.05, 4.69) is 39.8 Å². The third-order valence-corrected chi connectivity index (χ3v) is 2.87. The van der Waals surface area contributed by atoms with Crippen LogP contribution in [0.4, 0.5) is 0 Å². The maximum absolute atomic E-state index is 11.9. The molecule has 0 saturated carbocycles. The minimum absolute atomic E-state index is 0.273. The summed E-state index contributed by atoms with van der Waals surface area (Å²) in [4.78, 5) is 11.9. The predicted molar refractivity (Wildman–Crippen MR) is 73.4 cm³/mol. The maximum Gasteiger partial charge on any atom is 0.162 e. The summed E-state index contributed by atoms with van der Waals surface area (Å²) in [6.07, 6.45) is 2.73. The van der Waals surface area contributed by atoms with Gasteiger partial charge in [-0.05, 0) is 30.2 Å². The molecule has 0 aromatic heterocycles. The topological polar surface area (TPSA) is 17.1 Å². The van der Waals surface area contributed by atoms with Gasteiger partial charge in [0.1, 0.15) is 0 Å². The summed E-state index contributed by atoms with van der Waals surface area (Å²) in [7, 11) is 0. The lowest BCUT2D eigenvalue weighted by molar-refractivity contribution is 0.0975. The van der Waals surface area contributed by atoms with E-state index >= 15 is 0 Å². The lowest BCUT2D eigenvalue weighted by Crippen LogP contribution is -2.02. The van der Waals surface area contributed by atoms with E-state index in [4.69, 9.17) is 0 Å². The van der Waals surface area contributed by atoms with Crippen molar-refractivity contribution in [3.05, 3.63) is 35.4 Å². The van der Waals surface area contributed by atoms with Crippen LogP contribution >= 0.6 is 0 Å². The standard InChI is InChI=1S/C16H24O/c1-12(2)5-10-16(17)15-8-6-14(7-9-15)11-13(3)4/h6-9,12-13H,5,10-11H2,1-4H3. The van der Waals surface area contributed by atoms with Crippen LogP contribution in [0.5, 0.6) is 0 Å². The highest BCUT2D eigenvalue weighted by Gasteiger charge is 2.07. The second kappa shape index (κ2) is 6.58. The van der Waals surface area contributed by atoms with E-state index in [-0.39, 0.29) is 5.78 Å². The molecule has 0 heterocycles. The third kappa shape index (κ3) is 5.16. The minimum Gasteiger partial charge on any atom is -0.294 e. The van der Waals surface area contributed by atoms with E-state index < -0.39 is 0 Å². The molecule has 0 unspecified atom stereocenters. The smallest absolute Gasteiger partial charge is 0.162 e. The molecule has 1 aromatic rings. The second-order valence-corrected chi connectivity index (χ2v) is 5.65. The van der Waals surface area contributed by atoms with Gasteiger partial charge in [0.25, 0.3) is 0 Å². The lowest BCUT2D eigenvalue weighted by atomic mass is 9.98. The Hall–Kier alpha value is -1.11. The van der Waals surface area contributed by atoms with Gasteiger partial charge in [0.2, 0.25) is 0 Å². The zero-order valence-corrected chi connectivity index (χ0v) is 11.5. The third-order valence-electron chi connectivity index (χ3n) is 2.87. The van der Waals surface area contributed by atoms with Crippen molar-refractivity contribution in [2.45, 2.75) is 47.0 Å². The molecule has 0 aliphatic rings. The van der Waals surface area contributed by atoms with Gasteiger partial charge in [-0.3, -0.25) is 4.79 Å². The van der Waals surface area contributed by atoms with Crippen molar-refractivity contribution >= 4 is 5.78 Å². The highest BCUT2D eigenvalue weighted by Crippen LogP contribution is 2.13. The van der Waals surface area contributed by atoms with Crippen molar-refractivity contribution in [2.75, 3.05) is 0 Å². The fourth-order valence-electron chi connectivity index (χ4n) is 1.86. The molecular weight excluding hydrogens is 208 g/mol. The molecular formula is C16H24O. The van der Waals surface area contributed by atoms with Crippen LogP contribution in [0.3, 0.4) is 0 Å². The normalized spacial score (nSPS) is 11.2. The van der Waals surface area contributed by atoms with E-state index in [9.17, 15) is 4.79 Å². The van der Waals surface area contributed by atoms with Crippen LogP contribution in [0.15, 0.2) is 24.3 Å². The highest BCUT2D eigenvalue weighted by molar-refractivity contribution is 5.96. The highest BCUT2D eigenvalue weighted by atomic mass is 16.1. The molecule has 0 bridgehead atoms. The van der Waals surface area contributed by atoms with E-state index in [0.29, 0.717) is 18.3 Å². The zero-order chi connectivity index (χ0) is 12.8. The van der Waals surface area contributed by atoms with Crippen LogP contribution in [0.2, 0.25) is 0 Å². The molecule has 0 aliphatic heterocycles. The fourth-order valence-corrected chi connectivity index (χ4v) is 1.86. The molecule has 1 rings (SSSR count). The van der Waals surface area contributed by atoms with Crippen LogP contribution < -0.4 is 0 Å². The number of hydrogen-bond donors (Lipinski definition) is 0. The van der Waals surface area contributed by atoms with Gasteiger partial charge in [-0.2, -0.15) is 0 Å². The van der Waals surface area contributed by atoms with Crippen LogP contribution in [-0.2, 0) is 6.42 Å². The maximum atomic E-state index is 11.9. The second-order valence-electron chi connectivity index (χ2n) is 5.65. The average molecular weight is 232 g/mol. The fraction of sp³-hybridized carbons (Fsp3) is 0.562. The van der Waals surface area contributed by atoms with Crippen molar-refractivity contribution in [3.63, 3.8) is 0 Å². The lowest BCUT2D eigenvalue weighted by Gasteiger charge is -2.07. The van der Waals surface area contributed by atoms with Crippen molar-refractivity contribution in [1.82, 2.24) is 0 Å². The Morgan fingerprint density at radius 1 is 1.00 bits per heavy atom. The number of carbonyl (C=O) groups excluding carboxylic acids is 1. The molecule has 0 radical (unpaired) electrons. The molecule has 1 nitrogen and oxygen atoms in total. The summed E-state index contributed by atoms with van der Waals surface area (Å²) in [6.45, 7) is 8.72. The van der Waals surface area contributed by atoms with E-state index in [1.54, 1.807) is 0 Å². The number of hydrogen-bond acceptors (Lipinski definition) is 1. The van der Waals surface area contributed by atoms with Crippen molar-refractivity contribution in [3.8, 4) is 0 Å². The first-order valence-corrected chi connectivity index (χ1v) is 6.61. The molecule has 94 valence electrons. The minimum atomic E-state index is 0.273. The Kier molecular flexibility index (Phi) is 5.40. The zero-order valence-electron chi connectivity index (χ0n) is 11.5. The van der Waals surface area contributed by atoms with Gasteiger partial charge in [-0.15, -0.1) is 0 Å². The van der Waals surface area contributed by atoms with Gasteiger partial charge in [0.05, 0.1) is 0 Å². The molecule has 0 fully saturated rings. The first-order valence-electron chi connectivity index (χ1n) is 6.61. The monoisotopic (exact) mass is 232 g/mol. The summed E-state index contributed by atoms with van der Waals surface area (Å²) in [5.74, 6) is 1.53. The number of ketones is 1. The Balaban J connectivity index is 2.57. The molecule has 0 amide bonds. The van der Waals surface area contributed by atoms with Crippen molar-refractivity contribution in [2.24, 2.45) is 11.8 Å². The Morgan fingerprint density at radius 2 is 1.59 bits per heavy atom. The van der Waals surface area contributed by atoms with Gasteiger partial charge in [0, 0.05) is 12.0 Å². The molecule has 1 aromatic carbocycles. The van der Waals surface area contributed by atoms with Crippen LogP contribution in [-0.4, -0.2) is 5.78 Å². The Morgan fingerprint density at radius 3 is 2.06 bits per heavy atom. The van der Waals surface area contributed by atoms with Gasteiger partial charge in [-0.25, -0.2) is 0 Å². The molecule has 0 atom stereocenters. The van der Waals surface area contributed by atoms with Gasteiger partial charge >= 0.3 is 0 Å². The molecule has 1 heteroatoms. The Bertz CT molecular complexity index is 346. The molecule has 0 spiro atoms. The summed E-state index contributed by atoms with van der Waals surface area (Å²) in [5, 5.41) is 0. The number of benzene rings is 1. The molecule has 17 heavy (non-hydrogen) atoms. The van der Waals surface area contributed by atoms with Crippen LogP contribution in [0, 0.1) is 11.8 Å². The first kappa shape index (κ1) is 14.0. The van der Waals surface area contributed by atoms with E-state index in [1.807, 2.05) is 12.1 Å². The van der Waals surface area contributed by atoms with Crippen molar-refractivity contribution < 1.29 is 4.79 Å². The van der Waals surface area contributed by atoms with Crippen LogP contribution in [0.1, 0.15) is 56.5 Å². The first-order chi connectivity index (χ1) is 7.99. The van der Waals surface area contributed by atoms with Gasteiger partial charge in [-0.1, -0.05) is 52.0 Å². The van der Waals surface area contributed by atoms with E-state index in [0.717, 1.165) is 18.4 Å². The van der Waals surface area contributed by atoms with Crippen molar-refractivity contribution in [1.29, 1.82) is 0 Å². The molecule has 0 aliphatic carbocycles. The molecule has 0 N–H and O–H groups in total. The number of carbonyl (C=O) groups is 1. The summed E-state index contributed by atoms with van der Waals surface area (Å²) in [5.41, 5.74) is 2.18. The number of Topliss-reactive ketones (excluding diaryl/α,β-unsaturated/α-hetero) is 1. The average Bonchev–Trinajstić information content (AvgIpc) is 2.26. The van der Waals surface area contributed by atoms with Gasteiger partial charge in [0.15, 0.2) is 5.78 Å². The Labute approximate surface area is 105 Å². The molecule has 0 saturated heterocycles. The SMILES string of the molecule is CC(C)CCC(=O)c1ccc(CC(C)C)cc1. The summed E-state index contributed by atoms with van der Waals surface area (Å²) < 4.78 is 0. The van der Waals surface area contributed by atoms with Crippen LogP contribution in [0.25, 0.3) is 0 Å². The predicted octanol–water partition coefficient (Wildman–Crippen LogP) is 4.50. The van der Waals surface area contributed by atoms with Gasteiger partial charge < -0.3 is 0 Å². The summed E-state index contributed by atoms with van der Waals surface area (Å²) >= 11 is 0. The quantitative estimate of drug-likeness (QED) is 0.660. The number of rotatable bonds is 6.